The second-order valence-electron chi connectivity index (χ2n) is 5.41. The van der Waals surface area contributed by atoms with Crippen LogP contribution in [0.25, 0.3) is 0 Å². The molecule has 1 N–H and O–H groups in total. The Kier molecular flexibility index (Phi) is 3.82. The van der Waals surface area contributed by atoms with Gasteiger partial charge in [0.2, 0.25) is 5.91 Å². The van der Waals surface area contributed by atoms with Gasteiger partial charge in [-0.1, -0.05) is 6.07 Å². The lowest BCUT2D eigenvalue weighted by molar-refractivity contribution is -0.116. The summed E-state index contributed by atoms with van der Waals surface area (Å²) >= 11 is 0. The highest BCUT2D eigenvalue weighted by molar-refractivity contribution is 6.04. The van der Waals surface area contributed by atoms with Crippen molar-refractivity contribution in [2.24, 2.45) is 0 Å². The van der Waals surface area contributed by atoms with Crippen LogP contribution in [0.3, 0.4) is 0 Å². The van der Waals surface area contributed by atoms with Gasteiger partial charge in [-0.25, -0.2) is 0 Å². The first-order valence-corrected chi connectivity index (χ1v) is 7.31. The summed E-state index contributed by atoms with van der Waals surface area (Å²) in [4.78, 5) is 25.6. The number of anilines is 2. The number of hydrogen-bond acceptors (Lipinski definition) is 3. The second-order valence-corrected chi connectivity index (χ2v) is 5.41. The average molecular weight is 305 g/mol. The van der Waals surface area contributed by atoms with Crippen LogP contribution in [0, 0.1) is 11.3 Å². The summed E-state index contributed by atoms with van der Waals surface area (Å²) in [6.45, 7) is 2.22. The van der Waals surface area contributed by atoms with E-state index >= 15 is 0 Å². The van der Waals surface area contributed by atoms with Crippen molar-refractivity contribution in [3.63, 3.8) is 0 Å². The van der Waals surface area contributed by atoms with E-state index in [4.69, 9.17) is 5.26 Å². The molecule has 0 saturated carbocycles. The molecule has 1 aliphatic heterocycles. The van der Waals surface area contributed by atoms with Gasteiger partial charge in [-0.15, -0.1) is 0 Å². The average Bonchev–Trinajstić information content (AvgIpc) is 2.98. The molecule has 2 amide bonds. The first kappa shape index (κ1) is 14.8. The maximum Gasteiger partial charge on any atom is 0.255 e. The molecule has 3 rings (SSSR count). The van der Waals surface area contributed by atoms with Gasteiger partial charge < -0.3 is 10.2 Å². The molecular formula is C18H15N3O2. The minimum Gasteiger partial charge on any atom is -0.322 e. The summed E-state index contributed by atoms with van der Waals surface area (Å²) < 4.78 is 0. The van der Waals surface area contributed by atoms with E-state index in [9.17, 15) is 9.59 Å². The highest BCUT2D eigenvalue weighted by Gasteiger charge is 2.22. The van der Waals surface area contributed by atoms with Gasteiger partial charge in [-0.2, -0.15) is 5.26 Å². The molecule has 0 aromatic heterocycles. The van der Waals surface area contributed by atoms with Crippen LogP contribution in [-0.4, -0.2) is 18.4 Å². The number of nitriles is 1. The van der Waals surface area contributed by atoms with E-state index in [-0.39, 0.29) is 11.8 Å². The van der Waals surface area contributed by atoms with Crippen molar-refractivity contribution in [1.29, 1.82) is 5.26 Å². The lowest BCUT2D eigenvalue weighted by Gasteiger charge is -2.15. The van der Waals surface area contributed by atoms with Gasteiger partial charge in [-0.05, 0) is 48.4 Å². The van der Waals surface area contributed by atoms with Gasteiger partial charge in [0.1, 0.15) is 0 Å². The minimum absolute atomic E-state index is 0.0221. The Morgan fingerprint density at radius 2 is 2.04 bits per heavy atom. The van der Waals surface area contributed by atoms with Crippen molar-refractivity contribution in [3.8, 4) is 6.07 Å². The smallest absolute Gasteiger partial charge is 0.255 e. The first-order chi connectivity index (χ1) is 11.1. The number of carbonyl (C=O) groups excluding carboxylic acids is 2. The molecule has 0 fully saturated rings. The summed E-state index contributed by atoms with van der Waals surface area (Å²) in [6.07, 6.45) is 0.780. The van der Waals surface area contributed by atoms with Gasteiger partial charge in [-0.3, -0.25) is 9.59 Å². The first-order valence-electron chi connectivity index (χ1n) is 7.31. The van der Waals surface area contributed by atoms with Gasteiger partial charge in [0.05, 0.1) is 11.6 Å². The largest absolute Gasteiger partial charge is 0.322 e. The van der Waals surface area contributed by atoms with Crippen molar-refractivity contribution >= 4 is 23.2 Å². The molecular weight excluding hydrogens is 290 g/mol. The Bertz CT molecular complexity index is 836. The van der Waals surface area contributed by atoms with E-state index in [1.54, 1.807) is 42.2 Å². The zero-order valence-corrected chi connectivity index (χ0v) is 12.7. The van der Waals surface area contributed by atoms with E-state index in [1.807, 2.05) is 18.2 Å². The van der Waals surface area contributed by atoms with Gasteiger partial charge in [0.15, 0.2) is 0 Å². The van der Waals surface area contributed by atoms with Gasteiger partial charge in [0.25, 0.3) is 5.91 Å². The van der Waals surface area contributed by atoms with E-state index in [0.29, 0.717) is 23.4 Å². The standard InChI is InChI=1S/C18H15N3O2/c1-12(22)21-8-7-14-10-16(5-6-17(14)21)20-18(23)15-4-2-3-13(9-15)11-19/h2-6,9-10H,7-8H2,1H3,(H,20,23). The van der Waals surface area contributed by atoms with E-state index in [0.717, 1.165) is 17.7 Å². The fourth-order valence-corrected chi connectivity index (χ4v) is 2.74. The van der Waals surface area contributed by atoms with Crippen molar-refractivity contribution < 1.29 is 9.59 Å². The molecule has 1 aliphatic rings. The van der Waals surface area contributed by atoms with Crippen LogP contribution in [0.15, 0.2) is 42.5 Å². The number of rotatable bonds is 2. The predicted molar refractivity (Wildman–Crippen MR) is 87.3 cm³/mol. The highest BCUT2D eigenvalue weighted by atomic mass is 16.2. The minimum atomic E-state index is -0.261. The normalized spacial score (nSPS) is 12.4. The van der Waals surface area contributed by atoms with Crippen LogP contribution < -0.4 is 10.2 Å². The maximum absolute atomic E-state index is 12.3. The van der Waals surface area contributed by atoms with Gasteiger partial charge >= 0.3 is 0 Å². The Morgan fingerprint density at radius 3 is 2.78 bits per heavy atom. The lowest BCUT2D eigenvalue weighted by atomic mass is 10.1. The van der Waals surface area contributed by atoms with Crippen molar-refractivity contribution in [1.82, 2.24) is 0 Å². The molecule has 0 radical (unpaired) electrons. The number of nitrogens with zero attached hydrogens (tertiary/aromatic N) is 2. The van der Waals surface area contributed by atoms with Crippen LogP contribution in [0.1, 0.15) is 28.4 Å². The molecule has 5 heteroatoms. The number of amides is 2. The topological polar surface area (TPSA) is 73.2 Å². The van der Waals surface area contributed by atoms with Crippen molar-refractivity contribution in [2.75, 3.05) is 16.8 Å². The van der Waals surface area contributed by atoms with Crippen LogP contribution in [0.4, 0.5) is 11.4 Å². The Morgan fingerprint density at radius 1 is 1.22 bits per heavy atom. The number of fused-ring (bicyclic) bond motifs is 1. The second kappa shape index (κ2) is 5.93. The van der Waals surface area contributed by atoms with Crippen molar-refractivity contribution in [3.05, 3.63) is 59.2 Å². The highest BCUT2D eigenvalue weighted by Crippen LogP contribution is 2.30. The SMILES string of the molecule is CC(=O)N1CCc2cc(NC(=O)c3cccc(C#N)c3)ccc21. The third-order valence-corrected chi connectivity index (χ3v) is 3.87. The van der Waals surface area contributed by atoms with Crippen LogP contribution in [-0.2, 0) is 11.2 Å². The third kappa shape index (κ3) is 2.92. The molecule has 0 atom stereocenters. The van der Waals surface area contributed by atoms with Crippen LogP contribution >= 0.6 is 0 Å². The maximum atomic E-state index is 12.3. The number of benzene rings is 2. The molecule has 5 nitrogen and oxygen atoms in total. The predicted octanol–water partition coefficient (Wildman–Crippen LogP) is 2.72. The van der Waals surface area contributed by atoms with E-state index in [2.05, 4.69) is 5.32 Å². The molecule has 2 aromatic rings. The zero-order valence-electron chi connectivity index (χ0n) is 12.7. The van der Waals surface area contributed by atoms with Crippen LogP contribution in [0.5, 0.6) is 0 Å². The van der Waals surface area contributed by atoms with E-state index < -0.39 is 0 Å². The van der Waals surface area contributed by atoms with Crippen molar-refractivity contribution in [2.45, 2.75) is 13.3 Å². The van der Waals surface area contributed by atoms with E-state index in [1.165, 1.54) is 0 Å². The molecule has 0 spiro atoms. The summed E-state index contributed by atoms with van der Waals surface area (Å²) in [5, 5.41) is 11.7. The zero-order chi connectivity index (χ0) is 16.4. The number of nitrogens with one attached hydrogen (secondary N) is 1. The number of hydrogen-bond donors (Lipinski definition) is 1. The Hall–Kier alpha value is -3.13. The third-order valence-electron chi connectivity index (χ3n) is 3.87. The monoisotopic (exact) mass is 305 g/mol. The summed E-state index contributed by atoms with van der Waals surface area (Å²) in [5.74, 6) is -0.239. The summed E-state index contributed by atoms with van der Waals surface area (Å²) in [7, 11) is 0. The molecule has 2 aromatic carbocycles. The molecule has 0 aliphatic carbocycles. The molecule has 0 bridgehead atoms. The Balaban J connectivity index is 1.80. The lowest BCUT2D eigenvalue weighted by Crippen LogP contribution is -2.25. The molecule has 1 heterocycles. The molecule has 114 valence electrons. The molecule has 23 heavy (non-hydrogen) atoms. The quantitative estimate of drug-likeness (QED) is 0.927. The molecule has 0 saturated heterocycles. The fraction of sp³-hybridized carbons (Fsp3) is 0.167. The summed E-state index contributed by atoms with van der Waals surface area (Å²) in [5.41, 5.74) is 3.52. The molecule has 0 unspecified atom stereocenters. The Labute approximate surface area is 134 Å². The van der Waals surface area contributed by atoms with Gasteiger partial charge in [0, 0.05) is 30.4 Å². The fourth-order valence-electron chi connectivity index (χ4n) is 2.74. The number of carbonyl (C=O) groups is 2. The van der Waals surface area contributed by atoms with Crippen LogP contribution in [0.2, 0.25) is 0 Å². The summed E-state index contributed by atoms with van der Waals surface area (Å²) in [6, 6.07) is 14.1.